The summed E-state index contributed by atoms with van der Waals surface area (Å²) in [6.07, 6.45) is 1.55. The number of hydrogen-bond acceptors (Lipinski definition) is 4. The SMILES string of the molecule is Nc1ncccc1C(=O)NCc1cccc(Oc2ccccc2Br)c1. The van der Waals surface area contributed by atoms with Crippen LogP contribution in [0.4, 0.5) is 5.82 Å². The Morgan fingerprint density at radius 2 is 1.96 bits per heavy atom. The Kier molecular flexibility index (Phi) is 5.30. The number of nitrogens with two attached hydrogens (primary N) is 1. The lowest BCUT2D eigenvalue weighted by Gasteiger charge is -2.10. The van der Waals surface area contributed by atoms with Crippen molar-refractivity contribution in [2.24, 2.45) is 0 Å². The molecule has 0 unspecified atom stereocenters. The molecular weight excluding hydrogens is 382 g/mol. The third-order valence-corrected chi connectivity index (χ3v) is 4.15. The van der Waals surface area contributed by atoms with E-state index < -0.39 is 0 Å². The number of aromatic nitrogens is 1. The molecule has 6 heteroatoms. The van der Waals surface area contributed by atoms with Crippen LogP contribution in [0.15, 0.2) is 71.3 Å². The van der Waals surface area contributed by atoms with Gasteiger partial charge >= 0.3 is 0 Å². The van der Waals surface area contributed by atoms with Gasteiger partial charge in [-0.3, -0.25) is 4.79 Å². The normalized spacial score (nSPS) is 10.3. The number of rotatable bonds is 5. The number of halogens is 1. The second-order valence-electron chi connectivity index (χ2n) is 5.30. The van der Waals surface area contributed by atoms with Crippen LogP contribution in [0, 0.1) is 0 Å². The highest BCUT2D eigenvalue weighted by Gasteiger charge is 2.10. The fourth-order valence-corrected chi connectivity index (χ4v) is 2.63. The zero-order chi connectivity index (χ0) is 17.6. The van der Waals surface area contributed by atoms with Crippen LogP contribution in [0.3, 0.4) is 0 Å². The van der Waals surface area contributed by atoms with Crippen molar-refractivity contribution in [2.75, 3.05) is 5.73 Å². The maximum Gasteiger partial charge on any atom is 0.255 e. The number of carbonyl (C=O) groups excluding carboxylic acids is 1. The molecule has 3 N–H and O–H groups in total. The number of ether oxygens (including phenoxy) is 1. The Hall–Kier alpha value is -2.86. The number of nitrogen functional groups attached to an aromatic ring is 1. The first kappa shape index (κ1) is 17.0. The molecule has 5 nitrogen and oxygen atoms in total. The first-order valence-electron chi connectivity index (χ1n) is 7.63. The number of para-hydroxylation sites is 1. The van der Waals surface area contributed by atoms with Crippen LogP contribution in [-0.2, 0) is 6.54 Å². The number of benzene rings is 2. The van der Waals surface area contributed by atoms with Crippen LogP contribution in [0.2, 0.25) is 0 Å². The van der Waals surface area contributed by atoms with E-state index in [4.69, 9.17) is 10.5 Å². The van der Waals surface area contributed by atoms with Gasteiger partial charge in [0.1, 0.15) is 17.3 Å². The van der Waals surface area contributed by atoms with Gasteiger partial charge in [0, 0.05) is 12.7 Å². The number of nitrogens with zero attached hydrogens (tertiary/aromatic N) is 1. The highest BCUT2D eigenvalue weighted by Crippen LogP contribution is 2.29. The summed E-state index contributed by atoms with van der Waals surface area (Å²) in [5.74, 6) is 1.38. The monoisotopic (exact) mass is 397 g/mol. The number of pyridine rings is 1. The van der Waals surface area contributed by atoms with Gasteiger partial charge < -0.3 is 15.8 Å². The molecule has 126 valence electrons. The van der Waals surface area contributed by atoms with Crippen LogP contribution in [-0.4, -0.2) is 10.9 Å². The number of hydrogen-bond donors (Lipinski definition) is 2. The second kappa shape index (κ2) is 7.81. The first-order valence-corrected chi connectivity index (χ1v) is 8.43. The van der Waals surface area contributed by atoms with Gasteiger partial charge in [0.15, 0.2) is 0 Å². The minimum Gasteiger partial charge on any atom is -0.456 e. The van der Waals surface area contributed by atoms with Crippen molar-refractivity contribution >= 4 is 27.7 Å². The van der Waals surface area contributed by atoms with Crippen LogP contribution >= 0.6 is 15.9 Å². The van der Waals surface area contributed by atoms with Gasteiger partial charge in [0.05, 0.1) is 10.0 Å². The lowest BCUT2D eigenvalue weighted by atomic mass is 10.2. The summed E-state index contributed by atoms with van der Waals surface area (Å²) < 4.78 is 6.75. The molecule has 0 aliphatic carbocycles. The predicted octanol–water partition coefficient (Wildman–Crippen LogP) is 4.15. The highest BCUT2D eigenvalue weighted by molar-refractivity contribution is 9.10. The molecule has 3 rings (SSSR count). The van der Waals surface area contributed by atoms with E-state index in [0.29, 0.717) is 17.9 Å². The van der Waals surface area contributed by atoms with Crippen molar-refractivity contribution in [3.63, 3.8) is 0 Å². The lowest BCUT2D eigenvalue weighted by Crippen LogP contribution is -2.24. The van der Waals surface area contributed by atoms with Gasteiger partial charge in [-0.1, -0.05) is 24.3 Å². The minimum atomic E-state index is -0.261. The number of anilines is 1. The molecule has 3 aromatic rings. The van der Waals surface area contributed by atoms with E-state index >= 15 is 0 Å². The van der Waals surface area contributed by atoms with E-state index in [0.717, 1.165) is 15.8 Å². The van der Waals surface area contributed by atoms with E-state index in [1.54, 1.807) is 18.3 Å². The molecule has 0 spiro atoms. The van der Waals surface area contributed by atoms with Crippen LogP contribution in [0.1, 0.15) is 15.9 Å². The highest BCUT2D eigenvalue weighted by atomic mass is 79.9. The first-order chi connectivity index (χ1) is 12.1. The quantitative estimate of drug-likeness (QED) is 0.677. The Morgan fingerprint density at radius 3 is 2.76 bits per heavy atom. The average molecular weight is 398 g/mol. The van der Waals surface area contributed by atoms with E-state index in [1.807, 2.05) is 48.5 Å². The molecule has 0 saturated carbocycles. The molecule has 2 aromatic carbocycles. The topological polar surface area (TPSA) is 77.2 Å². The maximum atomic E-state index is 12.2. The smallest absolute Gasteiger partial charge is 0.255 e. The summed E-state index contributed by atoms with van der Waals surface area (Å²) in [6, 6.07) is 18.5. The van der Waals surface area contributed by atoms with Gasteiger partial charge in [-0.25, -0.2) is 4.98 Å². The summed E-state index contributed by atoms with van der Waals surface area (Å²) in [5.41, 5.74) is 7.00. The third kappa shape index (κ3) is 4.36. The Labute approximate surface area is 154 Å². The zero-order valence-corrected chi connectivity index (χ0v) is 14.9. The van der Waals surface area contributed by atoms with E-state index in [1.165, 1.54) is 0 Å². The standard InChI is InChI=1S/C19H16BrN3O2/c20-16-8-1-2-9-17(16)25-14-6-3-5-13(11-14)12-23-19(24)15-7-4-10-22-18(15)21/h1-11H,12H2,(H2,21,22)(H,23,24). The molecule has 1 heterocycles. The van der Waals surface area contributed by atoms with Gasteiger partial charge in [-0.2, -0.15) is 0 Å². The number of amides is 1. The summed E-state index contributed by atoms with van der Waals surface area (Å²) in [4.78, 5) is 16.1. The molecule has 0 saturated heterocycles. The van der Waals surface area contributed by atoms with E-state index in [9.17, 15) is 4.79 Å². The second-order valence-corrected chi connectivity index (χ2v) is 6.15. The van der Waals surface area contributed by atoms with Crippen molar-refractivity contribution in [3.8, 4) is 11.5 Å². The van der Waals surface area contributed by atoms with E-state index in [-0.39, 0.29) is 11.7 Å². The summed E-state index contributed by atoms with van der Waals surface area (Å²) in [7, 11) is 0. The van der Waals surface area contributed by atoms with Gasteiger partial charge in [-0.15, -0.1) is 0 Å². The molecule has 1 amide bonds. The molecule has 1 aromatic heterocycles. The molecule has 0 aliphatic heterocycles. The Bertz CT molecular complexity index is 899. The summed E-state index contributed by atoms with van der Waals surface area (Å²) >= 11 is 3.45. The largest absolute Gasteiger partial charge is 0.456 e. The average Bonchev–Trinajstić information content (AvgIpc) is 2.62. The van der Waals surface area contributed by atoms with Crippen molar-refractivity contribution in [1.82, 2.24) is 10.3 Å². The molecule has 0 bridgehead atoms. The zero-order valence-electron chi connectivity index (χ0n) is 13.3. The number of nitrogens with one attached hydrogen (secondary N) is 1. The summed E-state index contributed by atoms with van der Waals surface area (Å²) in [6.45, 7) is 0.361. The molecule has 0 fully saturated rings. The lowest BCUT2D eigenvalue weighted by molar-refractivity contribution is 0.0951. The molecule has 25 heavy (non-hydrogen) atoms. The molecule has 0 aliphatic rings. The Morgan fingerprint density at radius 1 is 1.12 bits per heavy atom. The van der Waals surface area contributed by atoms with E-state index in [2.05, 4.69) is 26.2 Å². The van der Waals surface area contributed by atoms with Gasteiger partial charge in [-0.05, 0) is 57.9 Å². The maximum absolute atomic E-state index is 12.2. The van der Waals surface area contributed by atoms with Gasteiger partial charge in [0.25, 0.3) is 5.91 Å². The minimum absolute atomic E-state index is 0.214. The van der Waals surface area contributed by atoms with Crippen LogP contribution in [0.25, 0.3) is 0 Å². The van der Waals surface area contributed by atoms with Crippen LogP contribution in [0.5, 0.6) is 11.5 Å². The molecule has 0 atom stereocenters. The molecular formula is C19H16BrN3O2. The van der Waals surface area contributed by atoms with Crippen molar-refractivity contribution in [2.45, 2.75) is 6.54 Å². The fourth-order valence-electron chi connectivity index (χ4n) is 2.26. The summed E-state index contributed by atoms with van der Waals surface area (Å²) in [5, 5.41) is 2.83. The Balaban J connectivity index is 1.67. The number of carbonyl (C=O) groups is 1. The van der Waals surface area contributed by atoms with Gasteiger partial charge in [0.2, 0.25) is 0 Å². The van der Waals surface area contributed by atoms with Crippen molar-refractivity contribution in [1.29, 1.82) is 0 Å². The fraction of sp³-hybridized carbons (Fsp3) is 0.0526. The predicted molar refractivity (Wildman–Crippen MR) is 100 cm³/mol. The molecule has 0 radical (unpaired) electrons. The van der Waals surface area contributed by atoms with Crippen molar-refractivity contribution in [3.05, 3.63) is 82.5 Å². The third-order valence-electron chi connectivity index (χ3n) is 3.50. The van der Waals surface area contributed by atoms with Crippen molar-refractivity contribution < 1.29 is 9.53 Å². The van der Waals surface area contributed by atoms with Crippen LogP contribution < -0.4 is 15.8 Å².